The molecule has 0 N–H and O–H groups in total. The maximum atomic E-state index is 6.64. The van der Waals surface area contributed by atoms with Crippen LogP contribution >= 0.6 is 22.9 Å². The molecule has 2 nitrogen and oxygen atoms in total. The van der Waals surface area contributed by atoms with Gasteiger partial charge in [-0.15, -0.1) is 0 Å². The van der Waals surface area contributed by atoms with Gasteiger partial charge in [0, 0.05) is 10.8 Å². The van der Waals surface area contributed by atoms with Crippen molar-refractivity contribution < 1.29 is 4.42 Å². The molecule has 0 spiro atoms. The van der Waals surface area contributed by atoms with E-state index in [0.717, 1.165) is 23.3 Å². The number of furan rings is 1. The van der Waals surface area contributed by atoms with E-state index in [1.807, 2.05) is 0 Å². The highest BCUT2D eigenvalue weighted by molar-refractivity contribution is 14.1. The minimum absolute atomic E-state index is 0.632. The minimum Gasteiger partial charge on any atom is -0.454 e. The molecule has 29 heavy (non-hydrogen) atoms. The Morgan fingerprint density at radius 3 is 2.31 bits per heavy atom. The maximum Gasteiger partial charge on any atom is 0.159 e. The number of rotatable bonds is 4. The molecule has 1 saturated carbocycles. The third-order valence-electron chi connectivity index (χ3n) is 6.37. The number of halogens is 1. The molecule has 0 aliphatic heterocycles. The van der Waals surface area contributed by atoms with Crippen LogP contribution in [0.3, 0.4) is 0 Å². The van der Waals surface area contributed by atoms with E-state index in [1.165, 1.54) is 59.7 Å². The number of fused-ring (bicyclic) bond motifs is 3. The van der Waals surface area contributed by atoms with Gasteiger partial charge in [-0.3, -0.25) is 3.11 Å². The minimum atomic E-state index is 0.632. The zero-order valence-electron chi connectivity index (χ0n) is 16.8. The van der Waals surface area contributed by atoms with Crippen molar-refractivity contribution in [2.45, 2.75) is 51.4 Å². The van der Waals surface area contributed by atoms with Crippen LogP contribution in [0.1, 0.15) is 56.1 Å². The third-order valence-corrected chi connectivity index (χ3v) is 7.41. The molecule has 3 aromatic carbocycles. The fourth-order valence-corrected chi connectivity index (χ4v) is 5.70. The van der Waals surface area contributed by atoms with Crippen molar-refractivity contribution >= 4 is 56.2 Å². The van der Waals surface area contributed by atoms with Crippen LogP contribution in [0.2, 0.25) is 0 Å². The number of nitrogens with zero attached hydrogens (tertiary/aromatic N) is 1. The van der Waals surface area contributed by atoms with Gasteiger partial charge in [0.25, 0.3) is 0 Å². The van der Waals surface area contributed by atoms with Crippen LogP contribution in [-0.4, -0.2) is 0 Å². The molecule has 3 heteroatoms. The first-order valence-corrected chi connectivity index (χ1v) is 11.7. The number of aryl methyl sites for hydroxylation is 1. The van der Waals surface area contributed by atoms with Gasteiger partial charge in [-0.1, -0.05) is 74.7 Å². The quantitative estimate of drug-likeness (QED) is 0.208. The lowest BCUT2D eigenvalue weighted by molar-refractivity contribution is 0.442. The average Bonchev–Trinajstić information content (AvgIpc) is 3.18. The first kappa shape index (κ1) is 19.0. The molecule has 4 aromatic rings. The van der Waals surface area contributed by atoms with E-state index in [4.69, 9.17) is 4.42 Å². The molecule has 148 valence electrons. The van der Waals surface area contributed by atoms with Gasteiger partial charge in [-0.2, -0.15) is 0 Å². The van der Waals surface area contributed by atoms with Gasteiger partial charge >= 0.3 is 0 Å². The maximum absolute atomic E-state index is 6.64. The van der Waals surface area contributed by atoms with E-state index in [2.05, 4.69) is 93.6 Å². The van der Waals surface area contributed by atoms with Crippen molar-refractivity contribution in [2.24, 2.45) is 0 Å². The molecule has 0 bridgehead atoms. The largest absolute Gasteiger partial charge is 0.454 e. The Labute approximate surface area is 186 Å². The average molecular weight is 495 g/mol. The molecule has 0 unspecified atom stereocenters. The Bertz CT molecular complexity index is 1160. The van der Waals surface area contributed by atoms with Crippen LogP contribution in [0.5, 0.6) is 0 Å². The van der Waals surface area contributed by atoms with Gasteiger partial charge in [-0.25, -0.2) is 0 Å². The Hall–Kier alpha value is -2.01. The van der Waals surface area contributed by atoms with Gasteiger partial charge in [0.05, 0.1) is 34.2 Å². The number of anilines is 2. The van der Waals surface area contributed by atoms with Gasteiger partial charge in [0.15, 0.2) is 5.58 Å². The van der Waals surface area contributed by atoms with Crippen molar-refractivity contribution in [3.63, 3.8) is 0 Å². The molecule has 1 heterocycles. The number of hydrogen-bond acceptors (Lipinski definition) is 2. The second kappa shape index (κ2) is 8.02. The zero-order chi connectivity index (χ0) is 19.8. The number of benzene rings is 3. The molecule has 0 saturated heterocycles. The summed E-state index contributed by atoms with van der Waals surface area (Å²) in [7, 11) is 0. The predicted molar refractivity (Wildman–Crippen MR) is 132 cm³/mol. The summed E-state index contributed by atoms with van der Waals surface area (Å²) < 4.78 is 8.89. The monoisotopic (exact) mass is 495 g/mol. The first-order chi connectivity index (χ1) is 14.3. The van der Waals surface area contributed by atoms with Crippen molar-refractivity contribution in [3.8, 4) is 0 Å². The molecule has 0 atom stereocenters. The number of hydrogen-bond donors (Lipinski definition) is 0. The van der Waals surface area contributed by atoms with Crippen molar-refractivity contribution in [1.29, 1.82) is 0 Å². The summed E-state index contributed by atoms with van der Waals surface area (Å²) in [5.74, 6) is 0.632. The van der Waals surface area contributed by atoms with Crippen LogP contribution in [-0.2, 0) is 6.42 Å². The van der Waals surface area contributed by atoms with E-state index in [1.54, 1.807) is 0 Å². The van der Waals surface area contributed by atoms with E-state index < -0.39 is 0 Å². The van der Waals surface area contributed by atoms with Gasteiger partial charge in [0.1, 0.15) is 5.58 Å². The van der Waals surface area contributed by atoms with Crippen LogP contribution in [0.25, 0.3) is 21.9 Å². The Balaban J connectivity index is 1.68. The van der Waals surface area contributed by atoms with Crippen LogP contribution < -0.4 is 3.11 Å². The lowest BCUT2D eigenvalue weighted by Gasteiger charge is -2.22. The molecule has 0 radical (unpaired) electrons. The molecular weight excluding hydrogens is 469 g/mol. The Kier molecular flexibility index (Phi) is 5.25. The molecular formula is C26H26INO. The zero-order valence-corrected chi connectivity index (χ0v) is 19.0. The van der Waals surface area contributed by atoms with Crippen LogP contribution in [0, 0.1) is 0 Å². The van der Waals surface area contributed by atoms with Gasteiger partial charge < -0.3 is 4.42 Å². The fraction of sp³-hybridized carbons (Fsp3) is 0.308. The second-order valence-corrected chi connectivity index (χ2v) is 9.04. The molecule has 5 rings (SSSR count). The van der Waals surface area contributed by atoms with Crippen LogP contribution in [0.15, 0.2) is 65.1 Å². The Morgan fingerprint density at radius 1 is 0.828 bits per heavy atom. The highest BCUT2D eigenvalue weighted by Gasteiger charge is 2.22. The molecule has 1 aromatic heterocycles. The lowest BCUT2D eigenvalue weighted by Crippen LogP contribution is -2.04. The standard InChI is InChI=1S/C26H26INO/c1-2-18-10-6-7-16-23(18)28(27)24-17-9-15-22-21-14-8-13-20(25(21)29-26(22)24)19-11-4-3-5-12-19/h6-10,13-17,19H,2-5,11-12H2,1H3. The summed E-state index contributed by atoms with van der Waals surface area (Å²) in [5.41, 5.74) is 7.18. The van der Waals surface area contributed by atoms with E-state index >= 15 is 0 Å². The molecule has 0 amide bonds. The van der Waals surface area contributed by atoms with Gasteiger partial charge in [0.2, 0.25) is 0 Å². The summed E-state index contributed by atoms with van der Waals surface area (Å²) in [5, 5.41) is 2.46. The first-order valence-electron chi connectivity index (χ1n) is 10.8. The highest BCUT2D eigenvalue weighted by Crippen LogP contribution is 2.44. The summed E-state index contributed by atoms with van der Waals surface area (Å²) in [6.07, 6.45) is 7.62. The van der Waals surface area contributed by atoms with E-state index in [0.29, 0.717) is 5.92 Å². The summed E-state index contributed by atoms with van der Waals surface area (Å²) in [6, 6.07) is 21.9. The SMILES string of the molecule is CCc1ccccc1N(I)c1cccc2c1oc1c(C3CCCCC3)cccc12. The second-order valence-electron chi connectivity index (χ2n) is 8.08. The molecule has 1 fully saturated rings. The molecule has 1 aliphatic carbocycles. The van der Waals surface area contributed by atoms with E-state index in [9.17, 15) is 0 Å². The summed E-state index contributed by atoms with van der Waals surface area (Å²) in [6.45, 7) is 2.21. The Morgan fingerprint density at radius 2 is 1.52 bits per heavy atom. The van der Waals surface area contributed by atoms with Crippen molar-refractivity contribution in [1.82, 2.24) is 0 Å². The predicted octanol–water partition coefficient (Wildman–Crippen LogP) is 8.68. The molecule has 1 aliphatic rings. The highest BCUT2D eigenvalue weighted by atomic mass is 127. The number of para-hydroxylation sites is 3. The van der Waals surface area contributed by atoms with Crippen molar-refractivity contribution in [3.05, 3.63) is 71.8 Å². The topological polar surface area (TPSA) is 16.4 Å². The fourth-order valence-electron chi connectivity index (χ4n) is 4.85. The normalized spacial score (nSPS) is 15.2. The van der Waals surface area contributed by atoms with E-state index in [-0.39, 0.29) is 0 Å². The smallest absolute Gasteiger partial charge is 0.159 e. The van der Waals surface area contributed by atoms with Gasteiger partial charge in [-0.05, 0) is 48.4 Å². The van der Waals surface area contributed by atoms with Crippen LogP contribution in [0.4, 0.5) is 11.4 Å². The summed E-state index contributed by atoms with van der Waals surface area (Å²) in [4.78, 5) is 0. The lowest BCUT2D eigenvalue weighted by atomic mass is 9.83. The summed E-state index contributed by atoms with van der Waals surface area (Å²) >= 11 is 2.42. The van der Waals surface area contributed by atoms with Crippen molar-refractivity contribution in [2.75, 3.05) is 3.11 Å². The third kappa shape index (κ3) is 3.33.